The number of benzene rings is 3. The molecule has 0 fully saturated rings. The van der Waals surface area contributed by atoms with Crippen molar-refractivity contribution in [2.24, 2.45) is 0 Å². The van der Waals surface area contributed by atoms with Gasteiger partial charge in [0.1, 0.15) is 0 Å². The number of hydrogen-bond acceptors (Lipinski definition) is 3. The third-order valence-electron chi connectivity index (χ3n) is 4.54. The maximum atomic E-state index is 13.0. The third kappa shape index (κ3) is 4.22. The maximum absolute atomic E-state index is 13.0. The van der Waals surface area contributed by atoms with Crippen LogP contribution in [-0.2, 0) is 14.8 Å². The molecule has 150 valence electrons. The Morgan fingerprint density at radius 2 is 1.60 bits per heavy atom. The van der Waals surface area contributed by atoms with Crippen LogP contribution >= 0.6 is 15.9 Å². The molecule has 1 aromatic heterocycles. The first-order valence-corrected chi connectivity index (χ1v) is 11.3. The van der Waals surface area contributed by atoms with Gasteiger partial charge in [-0.3, -0.25) is 4.79 Å². The molecule has 1 amide bonds. The number of carbonyl (C=O) groups excluding carboxylic acids is 1. The summed E-state index contributed by atoms with van der Waals surface area (Å²) < 4.78 is 28.2. The summed E-state index contributed by atoms with van der Waals surface area (Å²) in [6.07, 6.45) is 4.68. The van der Waals surface area contributed by atoms with Gasteiger partial charge in [0, 0.05) is 27.8 Å². The van der Waals surface area contributed by atoms with Crippen LogP contribution in [0, 0.1) is 0 Å². The van der Waals surface area contributed by atoms with Gasteiger partial charge in [-0.2, -0.15) is 0 Å². The Hall–Kier alpha value is -3.16. The fourth-order valence-corrected chi connectivity index (χ4v) is 4.64. The number of aromatic nitrogens is 1. The molecule has 0 spiro atoms. The molecule has 0 unspecified atom stereocenters. The zero-order valence-corrected chi connectivity index (χ0v) is 18.1. The van der Waals surface area contributed by atoms with Crippen molar-refractivity contribution in [1.29, 1.82) is 0 Å². The van der Waals surface area contributed by atoms with Crippen LogP contribution in [-0.4, -0.2) is 18.3 Å². The van der Waals surface area contributed by atoms with Crippen LogP contribution in [0.2, 0.25) is 0 Å². The Balaban J connectivity index is 1.49. The molecule has 4 aromatic rings. The van der Waals surface area contributed by atoms with Crippen molar-refractivity contribution in [3.8, 4) is 0 Å². The van der Waals surface area contributed by atoms with Crippen LogP contribution in [0.15, 0.2) is 101 Å². The largest absolute Gasteiger partial charge is 0.323 e. The topological polar surface area (TPSA) is 68.2 Å². The molecule has 30 heavy (non-hydrogen) atoms. The van der Waals surface area contributed by atoms with Crippen molar-refractivity contribution < 1.29 is 13.2 Å². The number of amides is 1. The van der Waals surface area contributed by atoms with Crippen molar-refractivity contribution in [2.45, 2.75) is 4.90 Å². The van der Waals surface area contributed by atoms with Crippen LogP contribution < -0.4 is 5.32 Å². The van der Waals surface area contributed by atoms with Gasteiger partial charge in [-0.25, -0.2) is 12.4 Å². The van der Waals surface area contributed by atoms with E-state index in [0.29, 0.717) is 11.2 Å². The predicted molar refractivity (Wildman–Crippen MR) is 123 cm³/mol. The molecule has 3 aromatic carbocycles. The van der Waals surface area contributed by atoms with E-state index in [1.54, 1.807) is 42.6 Å². The van der Waals surface area contributed by atoms with Gasteiger partial charge in [0.05, 0.1) is 10.4 Å². The number of hydrogen-bond donors (Lipinski definition) is 1. The smallest absolute Gasteiger partial charge is 0.268 e. The number of anilines is 1. The van der Waals surface area contributed by atoms with Gasteiger partial charge in [0.2, 0.25) is 5.91 Å². The summed E-state index contributed by atoms with van der Waals surface area (Å²) in [5, 5.41) is 3.58. The van der Waals surface area contributed by atoms with Crippen molar-refractivity contribution in [3.05, 3.63) is 101 Å². The summed E-state index contributed by atoms with van der Waals surface area (Å²) in [5.41, 5.74) is 2.03. The van der Waals surface area contributed by atoms with Crippen LogP contribution in [0.5, 0.6) is 0 Å². The van der Waals surface area contributed by atoms with Gasteiger partial charge in [-0.1, -0.05) is 46.3 Å². The van der Waals surface area contributed by atoms with E-state index < -0.39 is 10.0 Å². The maximum Gasteiger partial charge on any atom is 0.268 e. The summed E-state index contributed by atoms with van der Waals surface area (Å²) >= 11 is 3.37. The number of rotatable bonds is 5. The lowest BCUT2D eigenvalue weighted by Gasteiger charge is -2.09. The molecule has 0 bridgehead atoms. The Morgan fingerprint density at radius 1 is 0.900 bits per heavy atom. The number of nitrogens with zero attached hydrogens (tertiary/aromatic N) is 1. The molecular weight excluding hydrogens is 464 g/mol. The van der Waals surface area contributed by atoms with Crippen LogP contribution in [0.3, 0.4) is 0 Å². The Labute approximate surface area is 182 Å². The normalized spacial score (nSPS) is 11.8. The monoisotopic (exact) mass is 480 g/mol. The molecule has 0 aliphatic carbocycles. The molecule has 7 heteroatoms. The van der Waals surface area contributed by atoms with Gasteiger partial charge < -0.3 is 5.32 Å². The van der Waals surface area contributed by atoms with E-state index in [2.05, 4.69) is 21.2 Å². The second-order valence-electron chi connectivity index (χ2n) is 6.57. The Kier molecular flexibility index (Phi) is 5.57. The zero-order valence-electron chi connectivity index (χ0n) is 15.7. The summed E-state index contributed by atoms with van der Waals surface area (Å²) in [4.78, 5) is 12.3. The predicted octanol–water partition coefficient (Wildman–Crippen LogP) is 5.29. The van der Waals surface area contributed by atoms with Crippen LogP contribution in [0.4, 0.5) is 5.69 Å². The highest BCUT2D eigenvalue weighted by Crippen LogP contribution is 2.23. The summed E-state index contributed by atoms with van der Waals surface area (Å²) in [5.74, 6) is -0.301. The molecule has 5 nitrogen and oxygen atoms in total. The van der Waals surface area contributed by atoms with E-state index in [1.807, 2.05) is 36.4 Å². The molecule has 1 heterocycles. The summed E-state index contributed by atoms with van der Waals surface area (Å²) in [7, 11) is -3.73. The first-order valence-electron chi connectivity index (χ1n) is 9.10. The van der Waals surface area contributed by atoms with E-state index >= 15 is 0 Å². The highest BCUT2D eigenvalue weighted by Gasteiger charge is 2.18. The Morgan fingerprint density at radius 3 is 2.33 bits per heavy atom. The number of carbonyl (C=O) groups is 1. The molecular formula is C23H17BrN2O3S. The van der Waals surface area contributed by atoms with Crippen molar-refractivity contribution in [2.75, 3.05) is 5.32 Å². The van der Waals surface area contributed by atoms with Gasteiger partial charge >= 0.3 is 0 Å². The van der Waals surface area contributed by atoms with Crippen molar-refractivity contribution in [1.82, 2.24) is 3.97 Å². The quantitative estimate of drug-likeness (QED) is 0.394. The molecule has 4 rings (SSSR count). The van der Waals surface area contributed by atoms with Gasteiger partial charge in [0.15, 0.2) is 0 Å². The lowest BCUT2D eigenvalue weighted by atomic mass is 10.2. The minimum Gasteiger partial charge on any atom is -0.323 e. The SMILES string of the molecule is O=C(C=Cc1ccc(Br)cc1)Nc1ccc(S(=O)(=O)n2ccc3ccccc32)cc1. The van der Waals surface area contributed by atoms with E-state index in [4.69, 9.17) is 0 Å². The van der Waals surface area contributed by atoms with Crippen LogP contribution in [0.1, 0.15) is 5.56 Å². The van der Waals surface area contributed by atoms with E-state index in [9.17, 15) is 13.2 Å². The zero-order chi connectivity index (χ0) is 21.1. The van der Waals surface area contributed by atoms with Crippen molar-refractivity contribution >= 4 is 54.5 Å². The first kappa shape index (κ1) is 20.1. The fraction of sp³-hybridized carbons (Fsp3) is 0. The number of nitrogens with one attached hydrogen (secondary N) is 1. The number of fused-ring (bicyclic) bond motifs is 1. The Bertz CT molecular complexity index is 1340. The average molecular weight is 481 g/mol. The molecule has 0 atom stereocenters. The molecule has 0 saturated heterocycles. The second-order valence-corrected chi connectivity index (χ2v) is 9.30. The van der Waals surface area contributed by atoms with E-state index in [1.165, 1.54) is 22.2 Å². The molecule has 0 aliphatic heterocycles. The number of halogens is 1. The average Bonchev–Trinajstić information content (AvgIpc) is 3.19. The molecule has 1 N–H and O–H groups in total. The van der Waals surface area contributed by atoms with E-state index in [-0.39, 0.29) is 10.8 Å². The minimum atomic E-state index is -3.73. The lowest BCUT2D eigenvalue weighted by Crippen LogP contribution is -2.12. The molecule has 0 radical (unpaired) electrons. The van der Waals surface area contributed by atoms with Crippen LogP contribution in [0.25, 0.3) is 17.0 Å². The van der Waals surface area contributed by atoms with Gasteiger partial charge in [-0.05, 0) is 60.2 Å². The fourth-order valence-electron chi connectivity index (χ4n) is 3.02. The third-order valence-corrected chi connectivity index (χ3v) is 6.77. The lowest BCUT2D eigenvalue weighted by molar-refractivity contribution is -0.111. The van der Waals surface area contributed by atoms with E-state index in [0.717, 1.165) is 15.4 Å². The van der Waals surface area contributed by atoms with Crippen molar-refractivity contribution in [3.63, 3.8) is 0 Å². The molecule has 0 aliphatic rings. The first-order chi connectivity index (χ1) is 14.4. The van der Waals surface area contributed by atoms with Gasteiger partial charge in [0.25, 0.3) is 10.0 Å². The van der Waals surface area contributed by atoms with Gasteiger partial charge in [-0.15, -0.1) is 0 Å². The minimum absolute atomic E-state index is 0.146. The highest BCUT2D eigenvalue weighted by molar-refractivity contribution is 9.10. The standard InChI is InChI=1S/C23H17BrN2O3S/c24-19-8-5-17(6-9-19)7-14-23(27)25-20-10-12-21(13-11-20)30(28,29)26-16-15-18-3-1-2-4-22(18)26/h1-16H,(H,25,27). The summed E-state index contributed by atoms with van der Waals surface area (Å²) in [6.45, 7) is 0. The number of para-hydroxylation sites is 1. The second kappa shape index (κ2) is 8.30. The highest BCUT2D eigenvalue weighted by atomic mass is 79.9. The molecule has 0 saturated carbocycles. The summed E-state index contributed by atoms with van der Waals surface area (Å²) in [6, 6.07) is 22.7.